The molecular weight excluding hydrogens is 524 g/mol. The van der Waals surface area contributed by atoms with Crippen molar-refractivity contribution in [2.24, 2.45) is 10.2 Å². The number of rotatable bonds is 5. The van der Waals surface area contributed by atoms with E-state index in [-0.39, 0.29) is 33.3 Å². The van der Waals surface area contributed by atoms with Crippen LogP contribution in [-0.2, 0) is 11.3 Å². The third-order valence-electron chi connectivity index (χ3n) is 4.73. The molecule has 0 bridgehead atoms. The summed E-state index contributed by atoms with van der Waals surface area (Å²) in [6, 6.07) is 13.3. The van der Waals surface area contributed by atoms with Gasteiger partial charge in [0.15, 0.2) is 0 Å². The summed E-state index contributed by atoms with van der Waals surface area (Å²) in [5, 5.41) is 18.7. The van der Waals surface area contributed by atoms with Gasteiger partial charge in [-0.3, -0.25) is 14.5 Å². The minimum atomic E-state index is -0.631. The van der Waals surface area contributed by atoms with Crippen LogP contribution in [0.4, 0.5) is 20.6 Å². The summed E-state index contributed by atoms with van der Waals surface area (Å²) in [4.78, 5) is 26.2. The average molecular weight is 537 g/mol. The van der Waals surface area contributed by atoms with Crippen LogP contribution in [-0.4, -0.2) is 21.2 Å². The number of halogens is 4. The molecule has 0 aromatic heterocycles. The van der Waals surface area contributed by atoms with Gasteiger partial charge in [0.1, 0.15) is 17.3 Å². The molecule has 1 aliphatic heterocycles. The maximum absolute atomic E-state index is 14.1. The summed E-state index contributed by atoms with van der Waals surface area (Å²) in [5.74, 6) is -1.38. The van der Waals surface area contributed by atoms with E-state index in [4.69, 9.17) is 34.8 Å². The Balaban J connectivity index is 1.58. The van der Waals surface area contributed by atoms with Gasteiger partial charge in [-0.05, 0) is 66.4 Å². The van der Waals surface area contributed by atoms with Crippen molar-refractivity contribution >= 4 is 75.2 Å². The van der Waals surface area contributed by atoms with Crippen LogP contribution in [0.2, 0.25) is 15.1 Å². The van der Waals surface area contributed by atoms with Crippen molar-refractivity contribution in [2.45, 2.75) is 6.54 Å². The van der Waals surface area contributed by atoms with E-state index in [1.807, 2.05) is 0 Å². The molecule has 1 fully saturated rings. The average Bonchev–Trinajstić information content (AvgIpc) is 3.04. The Morgan fingerprint density at radius 1 is 1.00 bits per heavy atom. The zero-order valence-corrected chi connectivity index (χ0v) is 20.1. The molecule has 0 atom stereocenters. The Hall–Kier alpha value is -2.91. The quantitative estimate of drug-likeness (QED) is 0.263. The molecule has 3 aromatic carbocycles. The van der Waals surface area contributed by atoms with Gasteiger partial charge in [-0.1, -0.05) is 40.9 Å². The van der Waals surface area contributed by atoms with E-state index in [0.29, 0.717) is 33.2 Å². The maximum Gasteiger partial charge on any atom is 0.293 e. The number of carbonyl (C=O) groups is 2. The molecular formula is C23H13Cl3FN3O3S. The lowest BCUT2D eigenvalue weighted by molar-refractivity contribution is -0.123. The molecule has 2 amide bonds. The lowest BCUT2D eigenvalue weighted by Gasteiger charge is -2.14. The Bertz CT molecular complexity index is 1360. The van der Waals surface area contributed by atoms with Crippen LogP contribution in [0.25, 0.3) is 6.08 Å². The molecule has 6 nitrogen and oxygen atoms in total. The zero-order chi connectivity index (χ0) is 24.4. The number of phenolic OH excluding ortho intramolecular Hbond substituents is 1. The molecule has 1 saturated heterocycles. The number of carbonyl (C=O) groups excluding carboxylic acids is 2. The number of amides is 2. The highest BCUT2D eigenvalue weighted by atomic mass is 35.5. The van der Waals surface area contributed by atoms with Crippen LogP contribution in [0.1, 0.15) is 11.1 Å². The zero-order valence-electron chi connectivity index (χ0n) is 17.0. The van der Waals surface area contributed by atoms with Crippen molar-refractivity contribution in [2.75, 3.05) is 0 Å². The molecule has 0 aliphatic carbocycles. The van der Waals surface area contributed by atoms with Crippen molar-refractivity contribution in [3.63, 3.8) is 0 Å². The number of azo groups is 1. The first kappa shape index (κ1) is 24.2. The van der Waals surface area contributed by atoms with Crippen molar-refractivity contribution in [1.29, 1.82) is 0 Å². The molecule has 0 saturated carbocycles. The molecule has 4 rings (SSSR count). The van der Waals surface area contributed by atoms with E-state index in [9.17, 15) is 19.1 Å². The molecule has 172 valence electrons. The maximum atomic E-state index is 14.1. The highest BCUT2D eigenvalue weighted by Gasteiger charge is 2.36. The van der Waals surface area contributed by atoms with Crippen molar-refractivity contribution in [3.8, 4) is 5.75 Å². The third kappa shape index (κ3) is 5.26. The predicted octanol–water partition coefficient (Wildman–Crippen LogP) is 8.14. The Morgan fingerprint density at radius 2 is 1.79 bits per heavy atom. The van der Waals surface area contributed by atoms with Gasteiger partial charge in [0, 0.05) is 21.2 Å². The largest absolute Gasteiger partial charge is 0.507 e. The normalized spacial score (nSPS) is 15.2. The number of hydrogen-bond donors (Lipinski definition) is 1. The van der Waals surface area contributed by atoms with Gasteiger partial charge in [0.25, 0.3) is 11.1 Å². The van der Waals surface area contributed by atoms with E-state index < -0.39 is 17.0 Å². The number of benzene rings is 3. The van der Waals surface area contributed by atoms with Crippen LogP contribution in [0.15, 0.2) is 69.7 Å². The molecule has 0 unspecified atom stereocenters. The van der Waals surface area contributed by atoms with Crippen LogP contribution in [0.3, 0.4) is 0 Å². The van der Waals surface area contributed by atoms with Gasteiger partial charge in [-0.15, -0.1) is 5.11 Å². The first-order valence-corrected chi connectivity index (χ1v) is 11.6. The van der Waals surface area contributed by atoms with Crippen LogP contribution < -0.4 is 0 Å². The summed E-state index contributed by atoms with van der Waals surface area (Å²) in [6.45, 7) is -0.310. The van der Waals surface area contributed by atoms with Crippen molar-refractivity contribution in [1.82, 2.24) is 4.90 Å². The molecule has 0 spiro atoms. The lowest BCUT2D eigenvalue weighted by atomic mass is 10.1. The highest BCUT2D eigenvalue weighted by Crippen LogP contribution is 2.37. The standard InChI is InChI=1S/C23H13Cl3FN3O3S/c24-13-4-6-19(17(26)10-13)29-28-14-5-7-20(31)12(8-14)9-21-22(32)30(23(33)34-21)11-15-16(25)2-1-3-18(15)27/h1-10,31H,11H2/b21-9-,29-28?. The number of nitrogens with zero attached hydrogens (tertiary/aromatic N) is 3. The van der Waals surface area contributed by atoms with Gasteiger partial charge in [0.2, 0.25) is 0 Å². The minimum absolute atomic E-state index is 0.0406. The van der Waals surface area contributed by atoms with Crippen molar-refractivity contribution in [3.05, 3.63) is 91.5 Å². The first-order chi connectivity index (χ1) is 16.2. The Kier molecular flexibility index (Phi) is 7.23. The number of imide groups is 1. The van der Waals surface area contributed by atoms with Gasteiger partial charge >= 0.3 is 0 Å². The smallest absolute Gasteiger partial charge is 0.293 e. The minimum Gasteiger partial charge on any atom is -0.507 e. The summed E-state index contributed by atoms with van der Waals surface area (Å²) in [7, 11) is 0. The second kappa shape index (κ2) is 10.1. The van der Waals surface area contributed by atoms with Crippen LogP contribution >= 0.6 is 46.6 Å². The molecule has 3 aromatic rings. The molecule has 1 heterocycles. The second-order valence-electron chi connectivity index (χ2n) is 7.01. The molecule has 0 radical (unpaired) electrons. The summed E-state index contributed by atoms with van der Waals surface area (Å²) >= 11 is 18.7. The van der Waals surface area contributed by atoms with E-state index in [1.54, 1.807) is 12.1 Å². The topological polar surface area (TPSA) is 82.3 Å². The fourth-order valence-electron chi connectivity index (χ4n) is 3.01. The highest BCUT2D eigenvalue weighted by molar-refractivity contribution is 8.18. The second-order valence-corrected chi connectivity index (χ2v) is 9.25. The van der Waals surface area contributed by atoms with Gasteiger partial charge in [0.05, 0.1) is 22.2 Å². The molecule has 34 heavy (non-hydrogen) atoms. The van der Waals surface area contributed by atoms with Gasteiger partial charge in [-0.25, -0.2) is 4.39 Å². The van der Waals surface area contributed by atoms with Crippen LogP contribution in [0, 0.1) is 5.82 Å². The fourth-order valence-corrected chi connectivity index (χ4v) is 4.51. The lowest BCUT2D eigenvalue weighted by Crippen LogP contribution is -2.28. The first-order valence-electron chi connectivity index (χ1n) is 9.61. The summed E-state index contributed by atoms with van der Waals surface area (Å²) < 4.78 is 14.1. The van der Waals surface area contributed by atoms with E-state index in [0.717, 1.165) is 4.90 Å². The van der Waals surface area contributed by atoms with E-state index in [1.165, 1.54) is 48.5 Å². The Labute approximate surface area is 212 Å². The Morgan fingerprint density at radius 3 is 2.53 bits per heavy atom. The van der Waals surface area contributed by atoms with Crippen molar-refractivity contribution < 1.29 is 19.1 Å². The SMILES string of the molecule is O=C1S/C(=C\c2cc(N=Nc3ccc(Cl)cc3Cl)ccc2O)C(=O)N1Cc1c(F)cccc1Cl. The number of phenols is 1. The fraction of sp³-hybridized carbons (Fsp3) is 0.0435. The third-order valence-corrected chi connectivity index (χ3v) is 6.53. The summed E-state index contributed by atoms with van der Waals surface area (Å²) in [5.41, 5.74) is 1.05. The number of aromatic hydroxyl groups is 1. The molecule has 1 aliphatic rings. The van der Waals surface area contributed by atoms with Gasteiger partial charge in [-0.2, -0.15) is 5.11 Å². The van der Waals surface area contributed by atoms with E-state index >= 15 is 0 Å². The summed E-state index contributed by atoms with van der Waals surface area (Å²) in [6.07, 6.45) is 1.36. The molecule has 11 heteroatoms. The van der Waals surface area contributed by atoms with Gasteiger partial charge < -0.3 is 5.11 Å². The molecule has 1 N–H and O–H groups in total. The predicted molar refractivity (Wildman–Crippen MR) is 132 cm³/mol. The van der Waals surface area contributed by atoms with Crippen LogP contribution in [0.5, 0.6) is 5.75 Å². The monoisotopic (exact) mass is 535 g/mol. The van der Waals surface area contributed by atoms with E-state index in [2.05, 4.69) is 10.2 Å². The number of thioether (sulfide) groups is 1. The number of hydrogen-bond acceptors (Lipinski definition) is 6.